The highest BCUT2D eigenvalue weighted by atomic mass is 28.4. The smallest absolute Gasteiger partial charge is 0.334 e. The Labute approximate surface area is 120 Å². The summed E-state index contributed by atoms with van der Waals surface area (Å²) in [6.07, 6.45) is 3.16. The molecule has 20 heavy (non-hydrogen) atoms. The number of carbonyl (C=O) groups excluding carboxylic acids is 1. The normalized spacial score (nSPS) is 43.1. The molecule has 4 rings (SSSR count). The SMILES string of the molecule is C=C1C(=O)OC2CC3CCC12C(C#N)(O[Si](C)(C)C)C3. The zero-order chi connectivity index (χ0) is 14.8. The van der Waals surface area contributed by atoms with E-state index in [0.29, 0.717) is 17.9 Å². The van der Waals surface area contributed by atoms with Crippen molar-refractivity contribution in [3.63, 3.8) is 0 Å². The average Bonchev–Trinajstić information content (AvgIpc) is 2.61. The summed E-state index contributed by atoms with van der Waals surface area (Å²) in [6.45, 7) is 10.2. The molecule has 0 radical (unpaired) electrons. The fourth-order valence-electron chi connectivity index (χ4n) is 4.39. The lowest BCUT2D eigenvalue weighted by atomic mass is 9.50. The van der Waals surface area contributed by atoms with E-state index in [4.69, 9.17) is 9.16 Å². The second kappa shape index (κ2) is 3.96. The number of nitrogens with zero attached hydrogens (tertiary/aromatic N) is 1. The molecule has 108 valence electrons. The van der Waals surface area contributed by atoms with Gasteiger partial charge >= 0.3 is 5.97 Å². The Bertz CT molecular complexity index is 532. The Hall–Kier alpha value is -1.12. The van der Waals surface area contributed by atoms with Crippen molar-refractivity contribution in [2.24, 2.45) is 11.3 Å². The first kappa shape index (κ1) is 13.8. The maximum absolute atomic E-state index is 12.0. The summed E-state index contributed by atoms with van der Waals surface area (Å²) in [4.78, 5) is 12.0. The van der Waals surface area contributed by atoms with Crippen molar-refractivity contribution in [2.45, 2.75) is 57.0 Å². The van der Waals surface area contributed by atoms with Crippen LogP contribution in [0.4, 0.5) is 0 Å². The van der Waals surface area contributed by atoms with Crippen LogP contribution in [0.2, 0.25) is 19.6 Å². The van der Waals surface area contributed by atoms with Crippen LogP contribution in [-0.4, -0.2) is 26.0 Å². The summed E-state index contributed by atoms with van der Waals surface area (Å²) in [5.74, 6) is 0.0768. The van der Waals surface area contributed by atoms with Crippen molar-refractivity contribution in [1.82, 2.24) is 0 Å². The monoisotopic (exact) mass is 291 g/mol. The second-order valence-electron chi connectivity index (χ2n) is 7.34. The molecule has 0 aromatic heterocycles. The first-order valence-electron chi connectivity index (χ1n) is 7.26. The first-order chi connectivity index (χ1) is 9.24. The van der Waals surface area contributed by atoms with Crippen LogP contribution in [0, 0.1) is 22.7 Å². The standard InChI is InChI=1S/C15H21NO3Si/c1-10-13(17)18-12-7-11-5-6-15(10,12)14(8-11,9-16)19-20(2,3)4/h11-12H,1,5-8H2,2-4H3. The number of hydrogen-bond acceptors (Lipinski definition) is 4. The summed E-state index contributed by atoms with van der Waals surface area (Å²) in [5.41, 5.74) is -1.08. The van der Waals surface area contributed by atoms with Gasteiger partial charge in [0.1, 0.15) is 6.10 Å². The molecule has 0 aromatic rings. The minimum atomic E-state index is -1.92. The van der Waals surface area contributed by atoms with E-state index in [1.165, 1.54) is 0 Å². The van der Waals surface area contributed by atoms with Gasteiger partial charge in [-0.25, -0.2) is 4.79 Å². The molecule has 2 bridgehead atoms. The molecular formula is C15H21NO3Si. The van der Waals surface area contributed by atoms with Gasteiger partial charge in [-0.05, 0) is 51.2 Å². The molecule has 4 nitrogen and oxygen atoms in total. The molecule has 0 amide bonds. The molecule has 4 fully saturated rings. The molecule has 3 saturated carbocycles. The maximum atomic E-state index is 12.0. The molecule has 4 aliphatic rings. The van der Waals surface area contributed by atoms with Crippen LogP contribution in [-0.2, 0) is 14.0 Å². The van der Waals surface area contributed by atoms with E-state index in [9.17, 15) is 10.1 Å². The molecule has 1 spiro atoms. The zero-order valence-corrected chi connectivity index (χ0v) is 13.4. The highest BCUT2D eigenvalue weighted by Crippen LogP contribution is 2.64. The molecule has 0 aromatic carbocycles. The van der Waals surface area contributed by atoms with Gasteiger partial charge in [0.05, 0.1) is 11.5 Å². The number of nitriles is 1. The molecule has 1 heterocycles. The third-order valence-electron chi connectivity index (χ3n) is 5.04. The minimum absolute atomic E-state index is 0.217. The minimum Gasteiger partial charge on any atom is -0.458 e. The molecule has 3 aliphatic carbocycles. The van der Waals surface area contributed by atoms with E-state index in [0.717, 1.165) is 19.3 Å². The third kappa shape index (κ3) is 1.58. The molecule has 0 N–H and O–H groups in total. The highest BCUT2D eigenvalue weighted by Gasteiger charge is 2.71. The molecular weight excluding hydrogens is 270 g/mol. The summed E-state index contributed by atoms with van der Waals surface area (Å²) in [7, 11) is -1.92. The number of hydrogen-bond donors (Lipinski definition) is 0. The van der Waals surface area contributed by atoms with Gasteiger partial charge < -0.3 is 9.16 Å². The van der Waals surface area contributed by atoms with Crippen molar-refractivity contribution in [1.29, 1.82) is 5.26 Å². The van der Waals surface area contributed by atoms with Crippen molar-refractivity contribution in [3.8, 4) is 6.07 Å². The Morgan fingerprint density at radius 2 is 2.20 bits per heavy atom. The fourth-order valence-corrected chi connectivity index (χ4v) is 5.75. The van der Waals surface area contributed by atoms with Crippen molar-refractivity contribution in [2.75, 3.05) is 0 Å². The first-order valence-corrected chi connectivity index (χ1v) is 10.7. The van der Waals surface area contributed by atoms with Gasteiger partial charge in [-0.1, -0.05) is 6.58 Å². The van der Waals surface area contributed by atoms with Crippen LogP contribution in [0.3, 0.4) is 0 Å². The van der Waals surface area contributed by atoms with Gasteiger partial charge in [0, 0.05) is 5.57 Å². The summed E-state index contributed by atoms with van der Waals surface area (Å²) in [6, 6.07) is 2.44. The van der Waals surface area contributed by atoms with Crippen LogP contribution >= 0.6 is 0 Å². The lowest BCUT2D eigenvalue weighted by Gasteiger charge is -2.57. The predicted molar refractivity (Wildman–Crippen MR) is 76.2 cm³/mol. The Morgan fingerprint density at radius 3 is 2.80 bits per heavy atom. The van der Waals surface area contributed by atoms with E-state index in [-0.39, 0.29) is 12.1 Å². The predicted octanol–water partition coefficient (Wildman–Crippen LogP) is 2.77. The third-order valence-corrected chi connectivity index (χ3v) is 6.00. The average molecular weight is 291 g/mol. The van der Waals surface area contributed by atoms with Crippen LogP contribution in [0.1, 0.15) is 25.7 Å². The van der Waals surface area contributed by atoms with Gasteiger partial charge in [0.2, 0.25) is 0 Å². The molecule has 4 unspecified atom stereocenters. The molecule has 1 saturated heterocycles. The lowest BCUT2D eigenvalue weighted by Crippen LogP contribution is -2.64. The van der Waals surface area contributed by atoms with Gasteiger partial charge in [-0.3, -0.25) is 0 Å². The number of carbonyl (C=O) groups is 1. The quantitative estimate of drug-likeness (QED) is 0.446. The molecule has 4 atom stereocenters. The van der Waals surface area contributed by atoms with Crippen molar-refractivity contribution < 1.29 is 14.0 Å². The van der Waals surface area contributed by atoms with E-state index in [1.807, 2.05) is 0 Å². The fraction of sp³-hybridized carbons (Fsp3) is 0.733. The summed E-state index contributed by atoms with van der Waals surface area (Å²) < 4.78 is 11.9. The number of rotatable bonds is 2. The lowest BCUT2D eigenvalue weighted by molar-refractivity contribution is -0.159. The largest absolute Gasteiger partial charge is 0.458 e. The topological polar surface area (TPSA) is 59.3 Å². The van der Waals surface area contributed by atoms with E-state index >= 15 is 0 Å². The van der Waals surface area contributed by atoms with Gasteiger partial charge in [0.15, 0.2) is 13.9 Å². The van der Waals surface area contributed by atoms with Gasteiger partial charge in [0.25, 0.3) is 0 Å². The van der Waals surface area contributed by atoms with Crippen LogP contribution < -0.4 is 0 Å². The van der Waals surface area contributed by atoms with E-state index < -0.39 is 19.3 Å². The Balaban J connectivity index is 2.13. The Kier molecular flexibility index (Phi) is 2.74. The van der Waals surface area contributed by atoms with Crippen LogP contribution in [0.15, 0.2) is 12.2 Å². The van der Waals surface area contributed by atoms with Crippen LogP contribution in [0.5, 0.6) is 0 Å². The second-order valence-corrected chi connectivity index (χ2v) is 11.8. The number of esters is 1. The van der Waals surface area contributed by atoms with Crippen molar-refractivity contribution >= 4 is 14.3 Å². The molecule has 1 aliphatic heterocycles. The van der Waals surface area contributed by atoms with Crippen LogP contribution in [0.25, 0.3) is 0 Å². The Morgan fingerprint density at radius 1 is 1.50 bits per heavy atom. The summed E-state index contributed by atoms with van der Waals surface area (Å²) >= 11 is 0. The number of fused-ring (bicyclic) bond motifs is 2. The van der Waals surface area contributed by atoms with Gasteiger partial charge in [-0.15, -0.1) is 0 Å². The van der Waals surface area contributed by atoms with Gasteiger partial charge in [-0.2, -0.15) is 5.26 Å². The van der Waals surface area contributed by atoms with Crippen molar-refractivity contribution in [3.05, 3.63) is 12.2 Å². The zero-order valence-electron chi connectivity index (χ0n) is 12.4. The van der Waals surface area contributed by atoms with E-state index in [1.54, 1.807) is 0 Å². The molecule has 5 heteroatoms. The maximum Gasteiger partial charge on any atom is 0.334 e. The highest BCUT2D eigenvalue weighted by molar-refractivity contribution is 6.69. The number of ether oxygens (including phenoxy) is 1. The van der Waals surface area contributed by atoms with E-state index in [2.05, 4.69) is 32.3 Å². The summed E-state index contributed by atoms with van der Waals surface area (Å²) in [5, 5.41) is 9.91.